The average molecular weight is 392 g/mol. The summed E-state index contributed by atoms with van der Waals surface area (Å²) < 4.78 is 0. The first-order valence-corrected chi connectivity index (χ1v) is 2.99. The number of hydrogen-bond acceptors (Lipinski definition) is 5. The molecule has 4 N–H and O–H groups in total. The van der Waals surface area contributed by atoms with E-state index in [9.17, 15) is 19.8 Å². The van der Waals surface area contributed by atoms with E-state index >= 15 is 0 Å². The molecule has 0 radical (unpaired) electrons. The van der Waals surface area contributed by atoms with Gasteiger partial charge in [-0.2, -0.15) is 0 Å². The Labute approximate surface area is 100.0 Å². The fourth-order valence-corrected chi connectivity index (χ4v) is 0.735. The third-order valence-corrected chi connectivity index (χ3v) is 1.26. The van der Waals surface area contributed by atoms with Crippen LogP contribution in [0, 0.1) is 0 Å². The van der Waals surface area contributed by atoms with Gasteiger partial charge in [-0.15, -0.1) is 0 Å². The van der Waals surface area contributed by atoms with Crippen LogP contribution in [0.2, 0.25) is 0 Å². The number of nitrogens with zero attached hydrogens (tertiary/aromatic N) is 1. The van der Waals surface area contributed by atoms with Crippen LogP contribution >= 0.6 is 0 Å². The van der Waals surface area contributed by atoms with Crippen molar-refractivity contribution in [1.82, 2.24) is 4.98 Å². The van der Waals surface area contributed by atoms with Crippen LogP contribution in [-0.2, 0) is 21.1 Å². The van der Waals surface area contributed by atoms with E-state index in [4.69, 9.17) is 0 Å². The molecule has 7 nitrogen and oxygen atoms in total. The van der Waals surface area contributed by atoms with Crippen molar-refractivity contribution in [2.24, 2.45) is 0 Å². The van der Waals surface area contributed by atoms with Crippen LogP contribution in [0.1, 0.15) is 20.7 Å². The van der Waals surface area contributed by atoms with Gasteiger partial charge < -0.3 is 32.1 Å². The molecular formula is C7H7N3O4Pt. The molecule has 1 rings (SSSR count). The van der Waals surface area contributed by atoms with E-state index in [1.54, 1.807) is 0 Å². The zero-order valence-corrected chi connectivity index (χ0v) is 9.56. The van der Waals surface area contributed by atoms with Gasteiger partial charge in [-0.3, -0.25) is 4.98 Å². The largest absolute Gasteiger partial charge is 4.00 e. The van der Waals surface area contributed by atoms with Crippen molar-refractivity contribution in [2.45, 2.75) is 0 Å². The molecule has 0 spiro atoms. The van der Waals surface area contributed by atoms with Crippen molar-refractivity contribution in [3.63, 3.8) is 0 Å². The van der Waals surface area contributed by atoms with Gasteiger partial charge in [0.15, 0.2) is 0 Å². The third-order valence-electron chi connectivity index (χ3n) is 1.26. The van der Waals surface area contributed by atoms with Crippen LogP contribution in [0.25, 0.3) is 12.3 Å². The van der Waals surface area contributed by atoms with E-state index in [0.717, 1.165) is 18.5 Å². The quantitative estimate of drug-likeness (QED) is 0.645. The van der Waals surface area contributed by atoms with Gasteiger partial charge in [0.25, 0.3) is 0 Å². The molecule has 0 saturated carbocycles. The molecule has 0 aliphatic heterocycles. The third kappa shape index (κ3) is 4.64. The Morgan fingerprint density at radius 3 is 1.87 bits per heavy atom. The minimum absolute atomic E-state index is 0. The number of nitrogens with two attached hydrogens (primary N) is 2. The molecule has 0 unspecified atom stereocenters. The number of carboxylic acid groups (broad SMARTS) is 2. The zero-order valence-electron chi connectivity index (χ0n) is 7.28. The van der Waals surface area contributed by atoms with Crippen LogP contribution in [-0.4, -0.2) is 16.9 Å². The number of aromatic nitrogens is 1. The molecule has 0 bridgehead atoms. The summed E-state index contributed by atoms with van der Waals surface area (Å²) in [7, 11) is 0. The predicted molar refractivity (Wildman–Crippen MR) is 43.5 cm³/mol. The number of rotatable bonds is 2. The fourth-order valence-electron chi connectivity index (χ4n) is 0.735. The molecule has 84 valence electrons. The van der Waals surface area contributed by atoms with Crippen molar-refractivity contribution in [3.8, 4) is 0 Å². The van der Waals surface area contributed by atoms with Crippen LogP contribution in [0.15, 0.2) is 18.5 Å². The molecule has 0 saturated heterocycles. The molecule has 0 aliphatic carbocycles. The Morgan fingerprint density at radius 2 is 1.53 bits per heavy atom. The normalized spacial score (nSPS) is 7.47. The Hall–Kier alpha value is -1.30. The van der Waals surface area contributed by atoms with Gasteiger partial charge in [-0.05, 0) is 6.07 Å². The maximum absolute atomic E-state index is 10.3. The minimum atomic E-state index is -1.58. The van der Waals surface area contributed by atoms with Gasteiger partial charge in [0.05, 0.1) is 11.9 Å². The number of carboxylic acids is 2. The molecule has 1 aromatic heterocycles. The number of pyridine rings is 1. The maximum Gasteiger partial charge on any atom is 4.00 e. The maximum atomic E-state index is 10.3. The summed E-state index contributed by atoms with van der Waals surface area (Å²) in [5.74, 6) is -3.14. The fraction of sp³-hybridized carbons (Fsp3) is 0. The topological polar surface area (TPSA) is 160 Å². The SMILES string of the molecule is O=C([O-])c1ccncc1C(=O)[O-].[NH2-].[NH2-].[Pt+4]. The Morgan fingerprint density at radius 1 is 1.07 bits per heavy atom. The van der Waals surface area contributed by atoms with E-state index in [2.05, 4.69) is 4.98 Å². The zero-order chi connectivity index (χ0) is 9.14. The van der Waals surface area contributed by atoms with Crippen LogP contribution in [0.5, 0.6) is 0 Å². The minimum Gasteiger partial charge on any atom is -0.693 e. The van der Waals surface area contributed by atoms with Crippen LogP contribution < -0.4 is 10.2 Å². The van der Waals surface area contributed by atoms with Crippen molar-refractivity contribution in [3.05, 3.63) is 41.9 Å². The summed E-state index contributed by atoms with van der Waals surface area (Å²) in [5.41, 5.74) is -0.900. The second-order valence-electron chi connectivity index (χ2n) is 2.00. The van der Waals surface area contributed by atoms with Crippen molar-refractivity contribution < 1.29 is 40.9 Å². The first-order valence-electron chi connectivity index (χ1n) is 2.99. The Kier molecular flexibility index (Phi) is 10.3. The second-order valence-corrected chi connectivity index (χ2v) is 2.00. The molecule has 15 heavy (non-hydrogen) atoms. The molecule has 0 aromatic carbocycles. The number of aromatic carboxylic acids is 2. The van der Waals surface area contributed by atoms with Crippen LogP contribution in [0.3, 0.4) is 0 Å². The van der Waals surface area contributed by atoms with Gasteiger partial charge in [0, 0.05) is 23.5 Å². The molecule has 0 fully saturated rings. The van der Waals surface area contributed by atoms with E-state index in [1.807, 2.05) is 0 Å². The van der Waals surface area contributed by atoms with E-state index in [1.165, 1.54) is 0 Å². The van der Waals surface area contributed by atoms with Crippen LogP contribution in [0.4, 0.5) is 0 Å². The standard InChI is InChI=1S/C7H5NO4.2H2N.Pt/c9-6(10)4-1-2-8-3-5(4)7(11)12;;;/h1-3H,(H,9,10)(H,11,12);2*1H2;/q;2*-1;+4/p-2. The average Bonchev–Trinajstić information content (AvgIpc) is 2.04. The summed E-state index contributed by atoms with van der Waals surface area (Å²) >= 11 is 0. The van der Waals surface area contributed by atoms with E-state index in [-0.39, 0.29) is 33.4 Å². The summed E-state index contributed by atoms with van der Waals surface area (Å²) in [4.78, 5) is 24.0. The predicted octanol–water partition coefficient (Wildman–Crippen LogP) is -0.760. The smallest absolute Gasteiger partial charge is 0.693 e. The summed E-state index contributed by atoms with van der Waals surface area (Å²) in [6.45, 7) is 0. The summed E-state index contributed by atoms with van der Waals surface area (Å²) in [6.07, 6.45) is 2.07. The Bertz CT molecular complexity index is 312. The van der Waals surface area contributed by atoms with Gasteiger partial charge >= 0.3 is 21.1 Å². The van der Waals surface area contributed by atoms with Crippen molar-refractivity contribution >= 4 is 11.9 Å². The van der Waals surface area contributed by atoms with E-state index < -0.39 is 23.1 Å². The van der Waals surface area contributed by atoms with Gasteiger partial charge in [-0.25, -0.2) is 0 Å². The number of carbonyl (C=O) groups is 2. The van der Waals surface area contributed by atoms with Gasteiger partial charge in [0.2, 0.25) is 0 Å². The number of hydrogen-bond donors (Lipinski definition) is 0. The van der Waals surface area contributed by atoms with Crippen molar-refractivity contribution in [1.29, 1.82) is 0 Å². The molecular weight excluding hydrogens is 385 g/mol. The molecule has 1 aromatic rings. The summed E-state index contributed by atoms with van der Waals surface area (Å²) in [6, 6.07) is 1.04. The van der Waals surface area contributed by atoms with E-state index in [0.29, 0.717) is 0 Å². The Balaban J connectivity index is -0.000000480. The summed E-state index contributed by atoms with van der Waals surface area (Å²) in [5, 5.41) is 20.6. The molecule has 8 heteroatoms. The molecule has 1 heterocycles. The first kappa shape index (κ1) is 19.3. The van der Waals surface area contributed by atoms with Crippen molar-refractivity contribution in [2.75, 3.05) is 0 Å². The second kappa shape index (κ2) is 8.04. The van der Waals surface area contributed by atoms with Gasteiger partial charge in [0.1, 0.15) is 0 Å². The van der Waals surface area contributed by atoms with Gasteiger partial charge in [-0.1, -0.05) is 0 Å². The molecule has 0 atom stereocenters. The number of carbonyl (C=O) groups excluding carboxylic acids is 2. The molecule has 0 aliphatic rings. The monoisotopic (exact) mass is 392 g/mol. The molecule has 0 amide bonds. The first-order chi connectivity index (χ1) is 5.63.